The van der Waals surface area contributed by atoms with Crippen LogP contribution in [0.5, 0.6) is 0 Å². The Labute approximate surface area is 179 Å². The molecule has 0 atom stereocenters. The number of aryl methyl sites for hydroxylation is 2. The molecule has 0 bridgehead atoms. The highest BCUT2D eigenvalue weighted by molar-refractivity contribution is 9.11. The van der Waals surface area contributed by atoms with Crippen LogP contribution in [0.3, 0.4) is 0 Å². The zero-order valence-electron chi connectivity index (χ0n) is 15.6. The summed E-state index contributed by atoms with van der Waals surface area (Å²) in [6.45, 7) is 4.58. The fourth-order valence-corrected chi connectivity index (χ4v) is 5.43. The maximum atomic E-state index is 13.9. The Bertz CT molecular complexity index is 1210. The standard InChI is InChI=1S/C18H16BrFN4O3S2/c1-9-4-5-12(7-14(9)20)15-16(19)28-18(23-15)24-29(26,27)17-10(2)6-13(8-21-17)22-11(3)25/h4-8H,1-3H3,(H,22,25)(H,23,24). The SMILES string of the molecule is CC(=O)Nc1cnc(S(=O)(=O)Nc2nc(-c3ccc(C)c(F)c3)c(Br)s2)c(C)c1. The molecule has 0 fully saturated rings. The Morgan fingerprint density at radius 2 is 1.93 bits per heavy atom. The summed E-state index contributed by atoms with van der Waals surface area (Å²) in [5.74, 6) is -0.656. The number of aromatic nitrogens is 2. The number of rotatable bonds is 5. The van der Waals surface area contributed by atoms with Crippen molar-refractivity contribution in [1.29, 1.82) is 0 Å². The molecule has 2 heterocycles. The topological polar surface area (TPSA) is 101 Å². The van der Waals surface area contributed by atoms with Crippen molar-refractivity contribution in [3.8, 4) is 11.3 Å². The van der Waals surface area contributed by atoms with Gasteiger partial charge >= 0.3 is 0 Å². The number of carbonyl (C=O) groups excluding carboxylic acids is 1. The number of hydrogen-bond acceptors (Lipinski definition) is 6. The molecule has 0 saturated heterocycles. The van der Waals surface area contributed by atoms with E-state index >= 15 is 0 Å². The highest BCUT2D eigenvalue weighted by atomic mass is 79.9. The highest BCUT2D eigenvalue weighted by Crippen LogP contribution is 2.37. The summed E-state index contributed by atoms with van der Waals surface area (Å²) in [6, 6.07) is 6.20. The smallest absolute Gasteiger partial charge is 0.281 e. The summed E-state index contributed by atoms with van der Waals surface area (Å²) in [7, 11) is -4.01. The van der Waals surface area contributed by atoms with Crippen molar-refractivity contribution in [3.63, 3.8) is 0 Å². The third-order valence-corrected chi connectivity index (χ3v) is 7.01. The maximum Gasteiger partial charge on any atom is 0.281 e. The molecular formula is C18H16BrFN4O3S2. The first kappa shape index (κ1) is 21.3. The lowest BCUT2D eigenvalue weighted by molar-refractivity contribution is -0.114. The van der Waals surface area contributed by atoms with E-state index in [4.69, 9.17) is 0 Å². The summed E-state index contributed by atoms with van der Waals surface area (Å²) >= 11 is 4.42. The second kappa shape index (κ2) is 8.17. The van der Waals surface area contributed by atoms with Gasteiger partial charge < -0.3 is 5.32 Å². The Morgan fingerprint density at radius 1 is 1.21 bits per heavy atom. The molecule has 0 spiro atoms. The second-order valence-corrected chi connectivity index (χ2v) is 10.2. The molecule has 0 aliphatic rings. The average molecular weight is 499 g/mol. The van der Waals surface area contributed by atoms with Crippen molar-refractivity contribution in [2.24, 2.45) is 0 Å². The Hall–Kier alpha value is -2.37. The maximum absolute atomic E-state index is 13.9. The van der Waals surface area contributed by atoms with Gasteiger partial charge in [0.2, 0.25) is 5.91 Å². The predicted octanol–water partition coefficient (Wildman–Crippen LogP) is 4.48. The van der Waals surface area contributed by atoms with Gasteiger partial charge in [-0.05, 0) is 53.0 Å². The number of nitrogens with zero attached hydrogens (tertiary/aromatic N) is 2. The first-order valence-corrected chi connectivity index (χ1v) is 11.4. The third kappa shape index (κ3) is 4.80. The molecule has 0 saturated carbocycles. The summed E-state index contributed by atoms with van der Waals surface area (Å²) in [6.07, 6.45) is 1.27. The van der Waals surface area contributed by atoms with Crippen LogP contribution in [0.2, 0.25) is 0 Å². The van der Waals surface area contributed by atoms with E-state index in [1.807, 2.05) is 0 Å². The summed E-state index contributed by atoms with van der Waals surface area (Å²) in [4.78, 5) is 19.4. The number of sulfonamides is 1. The molecule has 29 heavy (non-hydrogen) atoms. The van der Waals surface area contributed by atoms with E-state index in [1.165, 1.54) is 25.3 Å². The number of thiazole rings is 1. The molecule has 7 nitrogen and oxygen atoms in total. The zero-order valence-corrected chi connectivity index (χ0v) is 18.8. The monoisotopic (exact) mass is 498 g/mol. The molecule has 1 amide bonds. The van der Waals surface area contributed by atoms with E-state index in [0.717, 1.165) is 11.3 Å². The summed E-state index contributed by atoms with van der Waals surface area (Å²) < 4.78 is 42.3. The largest absolute Gasteiger partial charge is 0.325 e. The number of benzene rings is 1. The normalized spacial score (nSPS) is 11.3. The minimum Gasteiger partial charge on any atom is -0.325 e. The number of nitrogens with one attached hydrogen (secondary N) is 2. The first-order valence-electron chi connectivity index (χ1n) is 8.26. The highest BCUT2D eigenvalue weighted by Gasteiger charge is 2.22. The van der Waals surface area contributed by atoms with Gasteiger partial charge in [0.05, 0.1) is 21.4 Å². The van der Waals surface area contributed by atoms with Crippen molar-refractivity contribution >= 4 is 54.0 Å². The molecule has 0 radical (unpaired) electrons. The van der Waals surface area contributed by atoms with Crippen LogP contribution in [0.15, 0.2) is 39.3 Å². The minimum absolute atomic E-state index is 0.111. The van der Waals surface area contributed by atoms with Crippen LogP contribution in [0.1, 0.15) is 18.1 Å². The third-order valence-electron chi connectivity index (χ3n) is 3.86. The molecular weight excluding hydrogens is 483 g/mol. The van der Waals surface area contributed by atoms with Crippen LogP contribution >= 0.6 is 27.3 Å². The van der Waals surface area contributed by atoms with Crippen LogP contribution < -0.4 is 10.0 Å². The first-order chi connectivity index (χ1) is 13.6. The molecule has 11 heteroatoms. The molecule has 0 aliphatic carbocycles. The zero-order chi connectivity index (χ0) is 21.3. The predicted molar refractivity (Wildman–Crippen MR) is 114 cm³/mol. The van der Waals surface area contributed by atoms with Gasteiger partial charge in [-0.1, -0.05) is 23.5 Å². The van der Waals surface area contributed by atoms with Crippen molar-refractivity contribution in [2.45, 2.75) is 25.8 Å². The Balaban J connectivity index is 1.89. The van der Waals surface area contributed by atoms with Crippen LogP contribution in [-0.4, -0.2) is 24.3 Å². The average Bonchev–Trinajstić information content (AvgIpc) is 2.96. The lowest BCUT2D eigenvalue weighted by atomic mass is 10.1. The number of pyridine rings is 1. The molecule has 1 aromatic carbocycles. The van der Waals surface area contributed by atoms with E-state index < -0.39 is 10.0 Å². The Kier molecular flexibility index (Phi) is 6.01. The van der Waals surface area contributed by atoms with Gasteiger partial charge in [-0.15, -0.1) is 0 Å². The molecule has 2 N–H and O–H groups in total. The lowest BCUT2D eigenvalue weighted by Crippen LogP contribution is -2.16. The van der Waals surface area contributed by atoms with Crippen LogP contribution in [0.4, 0.5) is 15.2 Å². The van der Waals surface area contributed by atoms with E-state index in [-0.39, 0.29) is 21.9 Å². The minimum atomic E-state index is -4.01. The molecule has 152 valence electrons. The van der Waals surface area contributed by atoms with Gasteiger partial charge in [0.1, 0.15) is 5.82 Å². The van der Waals surface area contributed by atoms with Gasteiger partial charge in [-0.2, -0.15) is 8.42 Å². The molecule has 0 unspecified atom stereocenters. The molecule has 3 aromatic rings. The van der Waals surface area contributed by atoms with Crippen LogP contribution in [-0.2, 0) is 14.8 Å². The van der Waals surface area contributed by atoms with Crippen LogP contribution in [0.25, 0.3) is 11.3 Å². The lowest BCUT2D eigenvalue weighted by Gasteiger charge is -2.09. The number of carbonyl (C=O) groups is 1. The molecule has 2 aromatic heterocycles. The molecule has 0 aliphatic heterocycles. The van der Waals surface area contributed by atoms with Gasteiger partial charge in [0.15, 0.2) is 10.2 Å². The quantitative estimate of drug-likeness (QED) is 0.539. The van der Waals surface area contributed by atoms with Gasteiger partial charge in [-0.3, -0.25) is 9.52 Å². The van der Waals surface area contributed by atoms with Gasteiger partial charge in [0.25, 0.3) is 10.0 Å². The van der Waals surface area contributed by atoms with Crippen molar-refractivity contribution in [1.82, 2.24) is 9.97 Å². The second-order valence-electron chi connectivity index (χ2n) is 6.24. The van der Waals surface area contributed by atoms with Crippen molar-refractivity contribution < 1.29 is 17.6 Å². The van der Waals surface area contributed by atoms with Crippen molar-refractivity contribution in [3.05, 3.63) is 51.2 Å². The summed E-state index contributed by atoms with van der Waals surface area (Å²) in [5.41, 5.74) is 2.22. The van der Waals surface area contributed by atoms with Gasteiger partial charge in [0, 0.05) is 12.5 Å². The Morgan fingerprint density at radius 3 is 2.55 bits per heavy atom. The number of amides is 1. The fraction of sp³-hybridized carbons (Fsp3) is 0.167. The van der Waals surface area contributed by atoms with E-state index in [0.29, 0.717) is 31.9 Å². The van der Waals surface area contributed by atoms with E-state index in [2.05, 4.69) is 35.9 Å². The van der Waals surface area contributed by atoms with E-state index in [1.54, 1.807) is 26.0 Å². The number of halogens is 2. The molecule has 3 rings (SSSR count). The van der Waals surface area contributed by atoms with Gasteiger partial charge in [-0.25, -0.2) is 14.4 Å². The number of hydrogen-bond donors (Lipinski definition) is 2. The van der Waals surface area contributed by atoms with E-state index in [9.17, 15) is 17.6 Å². The van der Waals surface area contributed by atoms with Crippen molar-refractivity contribution in [2.75, 3.05) is 10.0 Å². The van der Waals surface area contributed by atoms with Crippen LogP contribution in [0, 0.1) is 19.7 Å². The fourth-order valence-electron chi connectivity index (χ4n) is 2.54. The summed E-state index contributed by atoms with van der Waals surface area (Å²) in [5, 5.41) is 2.48. The number of anilines is 2.